The maximum Gasteiger partial charge on any atom is 0.160 e. The van der Waals surface area contributed by atoms with Gasteiger partial charge in [-0.2, -0.15) is 0 Å². The van der Waals surface area contributed by atoms with Crippen LogP contribution in [0.15, 0.2) is 18.2 Å². The van der Waals surface area contributed by atoms with Crippen molar-refractivity contribution < 1.29 is 14.6 Å². The number of aldehydes is 1. The van der Waals surface area contributed by atoms with Gasteiger partial charge < -0.3 is 14.6 Å². The van der Waals surface area contributed by atoms with Gasteiger partial charge in [-0.1, -0.05) is 6.07 Å². The molecule has 0 atom stereocenters. The number of aromatic hydroxyl groups is 1. The first kappa shape index (κ1) is 9.06. The summed E-state index contributed by atoms with van der Waals surface area (Å²) in [4.78, 5) is 10.8. The van der Waals surface area contributed by atoms with Crippen molar-refractivity contribution in [2.24, 2.45) is 0 Å². The number of hydrogen-bond donors (Lipinski definition) is 1. The zero-order valence-electron chi connectivity index (χ0n) is 7.99. The molecule has 1 saturated carbocycles. The number of carbonyl (C=O) groups is 1. The Bertz CT molecular complexity index is 367. The molecule has 1 aromatic rings. The molecular formula is C11H12O3. The minimum absolute atomic E-state index is 0.0955. The maximum absolute atomic E-state index is 10.8. The first-order valence-corrected chi connectivity index (χ1v) is 4.56. The van der Waals surface area contributed by atoms with E-state index in [9.17, 15) is 9.90 Å². The van der Waals surface area contributed by atoms with E-state index in [2.05, 4.69) is 0 Å². The molecule has 0 spiro atoms. The van der Waals surface area contributed by atoms with Crippen molar-refractivity contribution in [3.05, 3.63) is 23.8 Å². The van der Waals surface area contributed by atoms with Crippen LogP contribution >= 0.6 is 0 Å². The van der Waals surface area contributed by atoms with E-state index in [1.165, 1.54) is 7.11 Å². The van der Waals surface area contributed by atoms with Gasteiger partial charge in [0.15, 0.2) is 11.5 Å². The predicted molar refractivity (Wildman–Crippen MR) is 51.6 cm³/mol. The standard InChI is InChI=1S/C11H12O3/c1-14-10-3-2-8(6-9(10)13)11(7-12)4-5-11/h2-3,6-7,13H,4-5H2,1H3. The summed E-state index contributed by atoms with van der Waals surface area (Å²) in [6.45, 7) is 0. The quantitative estimate of drug-likeness (QED) is 0.740. The highest BCUT2D eigenvalue weighted by molar-refractivity contribution is 5.73. The number of phenolic OH excluding ortho intramolecular Hbond substituents is 1. The summed E-state index contributed by atoms with van der Waals surface area (Å²) in [6.07, 6.45) is 2.72. The Kier molecular flexibility index (Phi) is 1.95. The number of carbonyl (C=O) groups excluding carboxylic acids is 1. The van der Waals surface area contributed by atoms with Crippen LogP contribution in [0, 0.1) is 0 Å². The zero-order valence-corrected chi connectivity index (χ0v) is 7.99. The van der Waals surface area contributed by atoms with Crippen molar-refractivity contribution in [1.82, 2.24) is 0 Å². The van der Waals surface area contributed by atoms with Gasteiger partial charge in [-0.05, 0) is 30.5 Å². The Balaban J connectivity index is 2.38. The minimum atomic E-state index is -0.330. The molecule has 0 bridgehead atoms. The second-order valence-corrected chi connectivity index (χ2v) is 3.66. The largest absolute Gasteiger partial charge is 0.504 e. The molecule has 2 rings (SSSR count). The highest BCUT2D eigenvalue weighted by Crippen LogP contribution is 2.47. The topological polar surface area (TPSA) is 46.5 Å². The molecule has 0 saturated heterocycles. The van der Waals surface area contributed by atoms with E-state index >= 15 is 0 Å². The summed E-state index contributed by atoms with van der Waals surface area (Å²) in [5, 5.41) is 9.54. The summed E-state index contributed by atoms with van der Waals surface area (Å²) < 4.78 is 4.93. The molecule has 3 heteroatoms. The van der Waals surface area contributed by atoms with E-state index in [1.807, 2.05) is 6.07 Å². The molecule has 0 radical (unpaired) electrons. The van der Waals surface area contributed by atoms with Crippen LogP contribution < -0.4 is 4.74 Å². The Hall–Kier alpha value is -1.51. The van der Waals surface area contributed by atoms with Gasteiger partial charge in [0.2, 0.25) is 0 Å². The van der Waals surface area contributed by atoms with Crippen molar-refractivity contribution in [3.63, 3.8) is 0 Å². The van der Waals surface area contributed by atoms with Crippen molar-refractivity contribution in [2.75, 3.05) is 7.11 Å². The minimum Gasteiger partial charge on any atom is -0.504 e. The number of hydrogen-bond acceptors (Lipinski definition) is 3. The predicted octanol–water partition coefficient (Wildman–Crippen LogP) is 1.63. The van der Waals surface area contributed by atoms with Crippen LogP contribution in [-0.2, 0) is 10.2 Å². The molecule has 0 heterocycles. The first-order chi connectivity index (χ1) is 6.72. The van der Waals surface area contributed by atoms with E-state index in [1.54, 1.807) is 12.1 Å². The molecule has 0 amide bonds. The highest BCUT2D eigenvalue weighted by atomic mass is 16.5. The molecule has 74 valence electrons. The molecule has 14 heavy (non-hydrogen) atoms. The lowest BCUT2D eigenvalue weighted by Crippen LogP contribution is -2.07. The molecule has 1 aliphatic carbocycles. The Morgan fingerprint density at radius 2 is 2.21 bits per heavy atom. The van der Waals surface area contributed by atoms with Crippen LogP contribution in [0.3, 0.4) is 0 Å². The lowest BCUT2D eigenvalue weighted by atomic mass is 9.97. The van der Waals surface area contributed by atoms with Gasteiger partial charge in [0, 0.05) is 0 Å². The van der Waals surface area contributed by atoms with E-state index in [4.69, 9.17) is 4.74 Å². The second kappa shape index (κ2) is 3.01. The van der Waals surface area contributed by atoms with Crippen molar-refractivity contribution >= 4 is 6.29 Å². The van der Waals surface area contributed by atoms with E-state index in [0.29, 0.717) is 5.75 Å². The van der Waals surface area contributed by atoms with Gasteiger partial charge in [0.05, 0.1) is 12.5 Å². The first-order valence-electron chi connectivity index (χ1n) is 4.56. The number of methoxy groups -OCH3 is 1. The molecule has 1 fully saturated rings. The molecule has 0 aliphatic heterocycles. The average molecular weight is 192 g/mol. The van der Waals surface area contributed by atoms with Crippen molar-refractivity contribution in [3.8, 4) is 11.5 Å². The summed E-state index contributed by atoms with van der Waals surface area (Å²) in [5.41, 5.74) is 0.551. The molecule has 1 aromatic carbocycles. The fraction of sp³-hybridized carbons (Fsp3) is 0.364. The molecular weight excluding hydrogens is 180 g/mol. The number of ether oxygens (including phenoxy) is 1. The summed E-state index contributed by atoms with van der Waals surface area (Å²) in [7, 11) is 1.50. The Morgan fingerprint density at radius 1 is 1.50 bits per heavy atom. The van der Waals surface area contributed by atoms with E-state index < -0.39 is 0 Å². The van der Waals surface area contributed by atoms with Gasteiger partial charge >= 0.3 is 0 Å². The summed E-state index contributed by atoms with van der Waals surface area (Å²) in [5.74, 6) is 0.536. The number of rotatable bonds is 3. The highest BCUT2D eigenvalue weighted by Gasteiger charge is 2.44. The molecule has 3 nitrogen and oxygen atoms in total. The van der Waals surface area contributed by atoms with Crippen LogP contribution in [0.2, 0.25) is 0 Å². The number of phenols is 1. The van der Waals surface area contributed by atoms with E-state index in [0.717, 1.165) is 24.7 Å². The fourth-order valence-electron chi connectivity index (χ4n) is 1.61. The normalized spacial score (nSPS) is 17.5. The molecule has 1 N–H and O–H groups in total. The van der Waals surface area contributed by atoms with Gasteiger partial charge in [0.1, 0.15) is 6.29 Å². The lowest BCUT2D eigenvalue weighted by Gasteiger charge is -2.09. The monoisotopic (exact) mass is 192 g/mol. The fourth-order valence-corrected chi connectivity index (χ4v) is 1.61. The SMILES string of the molecule is COc1ccc(C2(C=O)CC2)cc1O. The van der Waals surface area contributed by atoms with Crippen molar-refractivity contribution in [2.45, 2.75) is 18.3 Å². The summed E-state index contributed by atoms with van der Waals surface area (Å²) >= 11 is 0. The Labute approximate surface area is 82.3 Å². The van der Waals surface area contributed by atoms with Crippen LogP contribution in [-0.4, -0.2) is 18.5 Å². The zero-order chi connectivity index (χ0) is 10.2. The molecule has 0 aromatic heterocycles. The number of benzene rings is 1. The van der Waals surface area contributed by atoms with Crippen LogP contribution in [0.4, 0.5) is 0 Å². The third-order valence-corrected chi connectivity index (χ3v) is 2.77. The maximum atomic E-state index is 10.8. The third kappa shape index (κ3) is 1.25. The van der Waals surface area contributed by atoms with Crippen LogP contribution in [0.25, 0.3) is 0 Å². The average Bonchev–Trinajstić information content (AvgIpc) is 2.98. The Morgan fingerprint density at radius 3 is 2.64 bits per heavy atom. The van der Waals surface area contributed by atoms with Gasteiger partial charge in [-0.3, -0.25) is 0 Å². The second-order valence-electron chi connectivity index (χ2n) is 3.66. The van der Waals surface area contributed by atoms with Gasteiger partial charge in [0.25, 0.3) is 0 Å². The summed E-state index contributed by atoms with van der Waals surface area (Å²) in [6, 6.07) is 5.13. The molecule has 0 unspecified atom stereocenters. The molecule has 1 aliphatic rings. The smallest absolute Gasteiger partial charge is 0.160 e. The van der Waals surface area contributed by atoms with Crippen LogP contribution in [0.5, 0.6) is 11.5 Å². The van der Waals surface area contributed by atoms with Crippen molar-refractivity contribution in [1.29, 1.82) is 0 Å². The van der Waals surface area contributed by atoms with Crippen LogP contribution in [0.1, 0.15) is 18.4 Å². The lowest BCUT2D eigenvalue weighted by molar-refractivity contribution is -0.109. The van der Waals surface area contributed by atoms with Gasteiger partial charge in [-0.15, -0.1) is 0 Å². The van der Waals surface area contributed by atoms with E-state index in [-0.39, 0.29) is 11.2 Å². The third-order valence-electron chi connectivity index (χ3n) is 2.77. The van der Waals surface area contributed by atoms with Gasteiger partial charge in [-0.25, -0.2) is 0 Å².